The van der Waals surface area contributed by atoms with Gasteiger partial charge >= 0.3 is 0 Å². The number of H-pyrrole nitrogens is 1. The first-order chi connectivity index (χ1) is 11.7. The van der Waals surface area contributed by atoms with Gasteiger partial charge in [-0.25, -0.2) is 11.3 Å². The minimum absolute atomic E-state index is 0.172. The maximum Gasteiger partial charge on any atom is 0.261 e. The van der Waals surface area contributed by atoms with Crippen LogP contribution in [0.15, 0.2) is 47.4 Å². The Morgan fingerprint density at radius 2 is 2.08 bits per heavy atom. The second kappa shape index (κ2) is 5.53. The van der Waals surface area contributed by atoms with Gasteiger partial charge in [0, 0.05) is 11.9 Å². The third-order valence-electron chi connectivity index (χ3n) is 4.75. The highest BCUT2D eigenvalue weighted by molar-refractivity contribution is 5.91. The van der Waals surface area contributed by atoms with Crippen molar-refractivity contribution >= 4 is 22.4 Å². The van der Waals surface area contributed by atoms with Crippen LogP contribution in [0.1, 0.15) is 19.3 Å². The van der Waals surface area contributed by atoms with Crippen molar-refractivity contribution < 1.29 is 0 Å². The molecule has 0 radical (unpaired) electrons. The molecule has 120 valence electrons. The van der Waals surface area contributed by atoms with Crippen LogP contribution in [0.2, 0.25) is 0 Å². The van der Waals surface area contributed by atoms with E-state index in [9.17, 15) is 4.79 Å². The van der Waals surface area contributed by atoms with Crippen molar-refractivity contribution in [2.75, 3.05) is 11.9 Å². The number of anilines is 2. The van der Waals surface area contributed by atoms with E-state index in [4.69, 9.17) is 11.7 Å². The van der Waals surface area contributed by atoms with E-state index in [1.807, 2.05) is 41.1 Å². The van der Waals surface area contributed by atoms with E-state index >= 15 is 0 Å². The van der Waals surface area contributed by atoms with Crippen molar-refractivity contribution in [2.24, 2.45) is 0 Å². The predicted octanol–water partition coefficient (Wildman–Crippen LogP) is 3.27. The van der Waals surface area contributed by atoms with Crippen LogP contribution in [-0.2, 0) is 5.54 Å². The van der Waals surface area contributed by atoms with Gasteiger partial charge in [0.1, 0.15) is 10.9 Å². The summed E-state index contributed by atoms with van der Waals surface area (Å²) in [6.45, 7) is 7.67. The number of benzene rings is 1. The Morgan fingerprint density at radius 1 is 1.29 bits per heavy atom. The van der Waals surface area contributed by atoms with Crippen molar-refractivity contribution in [1.29, 1.82) is 0 Å². The van der Waals surface area contributed by atoms with Gasteiger partial charge in [0.15, 0.2) is 5.82 Å². The van der Waals surface area contributed by atoms with Gasteiger partial charge in [-0.2, -0.15) is 5.10 Å². The molecule has 0 amide bonds. The largest absolute Gasteiger partial charge is 0.338 e. The second-order valence-electron chi connectivity index (χ2n) is 6.21. The molecule has 3 aromatic rings. The highest BCUT2D eigenvalue weighted by Gasteiger charge is 2.44. The Hall–Kier alpha value is -3.07. The van der Waals surface area contributed by atoms with E-state index in [1.165, 1.54) is 0 Å². The molecule has 24 heavy (non-hydrogen) atoms. The molecule has 1 saturated carbocycles. The summed E-state index contributed by atoms with van der Waals surface area (Å²) in [5, 5.41) is 8.48. The topological polar surface area (TPSA) is 67.1 Å². The molecule has 0 spiro atoms. The zero-order valence-electron chi connectivity index (χ0n) is 13.1. The first-order valence-electron chi connectivity index (χ1n) is 8.00. The standard InChI is InChI=1S/C18H17N5O/c1-19-12-18(9-5-10-18)23-14-8-11-20-17(24)15(14)16(22-23)21-13-6-3-2-4-7-13/h2-4,6-8,11H,5,9-10,12H2,(H,20,24)(H,21,22). The normalized spacial score (nSPS) is 15.6. The third-order valence-corrected chi connectivity index (χ3v) is 4.75. The first kappa shape index (κ1) is 14.5. The molecule has 0 bridgehead atoms. The average Bonchev–Trinajstić information content (AvgIpc) is 2.92. The summed E-state index contributed by atoms with van der Waals surface area (Å²) < 4.78 is 1.89. The summed E-state index contributed by atoms with van der Waals surface area (Å²) in [5.74, 6) is 0.536. The monoisotopic (exact) mass is 319 g/mol. The summed E-state index contributed by atoms with van der Waals surface area (Å²) in [6.07, 6.45) is 4.56. The molecule has 6 heteroatoms. The highest BCUT2D eigenvalue weighted by Crippen LogP contribution is 2.42. The van der Waals surface area contributed by atoms with Gasteiger partial charge in [0.05, 0.1) is 5.52 Å². The fraction of sp³-hybridized carbons (Fsp3) is 0.278. The smallest absolute Gasteiger partial charge is 0.261 e. The molecular weight excluding hydrogens is 302 g/mol. The van der Waals surface area contributed by atoms with Crippen molar-refractivity contribution in [3.05, 3.63) is 64.4 Å². The van der Waals surface area contributed by atoms with Crippen LogP contribution in [0.5, 0.6) is 0 Å². The lowest BCUT2D eigenvalue weighted by atomic mass is 9.77. The SMILES string of the molecule is [C-]#[N+]CC1(n2nc(Nc3ccccc3)c3c(=O)[nH]ccc32)CCC1. The molecule has 1 fully saturated rings. The summed E-state index contributed by atoms with van der Waals surface area (Å²) in [4.78, 5) is 18.7. The number of hydrogen-bond donors (Lipinski definition) is 2. The quantitative estimate of drug-likeness (QED) is 0.725. The average molecular weight is 319 g/mol. The van der Waals surface area contributed by atoms with E-state index in [0.29, 0.717) is 17.7 Å². The van der Waals surface area contributed by atoms with Gasteiger partial charge < -0.3 is 15.1 Å². The number of aromatic nitrogens is 3. The highest BCUT2D eigenvalue weighted by atomic mass is 16.1. The fourth-order valence-electron chi connectivity index (χ4n) is 3.35. The van der Waals surface area contributed by atoms with Crippen LogP contribution >= 0.6 is 0 Å². The van der Waals surface area contributed by atoms with Gasteiger partial charge in [-0.05, 0) is 37.5 Å². The minimum atomic E-state index is -0.287. The van der Waals surface area contributed by atoms with Crippen molar-refractivity contribution in [3.63, 3.8) is 0 Å². The van der Waals surface area contributed by atoms with Crippen LogP contribution in [0, 0.1) is 6.57 Å². The molecule has 1 aromatic carbocycles. The number of fused-ring (bicyclic) bond motifs is 1. The number of rotatable bonds is 4. The maximum absolute atomic E-state index is 12.4. The molecule has 6 nitrogen and oxygen atoms in total. The van der Waals surface area contributed by atoms with E-state index < -0.39 is 0 Å². The van der Waals surface area contributed by atoms with Gasteiger partial charge in [0.25, 0.3) is 5.56 Å². The minimum Gasteiger partial charge on any atom is -0.338 e. The lowest BCUT2D eigenvalue weighted by Gasteiger charge is -2.37. The maximum atomic E-state index is 12.4. The third kappa shape index (κ3) is 2.17. The Balaban J connectivity index is 1.89. The van der Waals surface area contributed by atoms with Crippen LogP contribution in [-0.4, -0.2) is 21.3 Å². The number of nitrogens with zero attached hydrogens (tertiary/aromatic N) is 3. The van der Waals surface area contributed by atoms with Crippen LogP contribution in [0.4, 0.5) is 11.5 Å². The molecular formula is C18H17N5O. The predicted molar refractivity (Wildman–Crippen MR) is 93.4 cm³/mol. The fourth-order valence-corrected chi connectivity index (χ4v) is 3.35. The van der Waals surface area contributed by atoms with Crippen molar-refractivity contribution in [1.82, 2.24) is 14.8 Å². The summed E-state index contributed by atoms with van der Waals surface area (Å²) in [5.41, 5.74) is 1.19. The Labute approximate surface area is 138 Å². The van der Waals surface area contributed by atoms with E-state index in [2.05, 4.69) is 15.1 Å². The van der Waals surface area contributed by atoms with Gasteiger partial charge in [-0.3, -0.25) is 4.79 Å². The molecule has 2 heterocycles. The summed E-state index contributed by atoms with van der Waals surface area (Å²) in [7, 11) is 0. The lowest BCUT2D eigenvalue weighted by molar-refractivity contribution is 0.152. The zero-order chi connectivity index (χ0) is 16.6. The molecule has 0 aliphatic heterocycles. The van der Waals surface area contributed by atoms with Crippen LogP contribution < -0.4 is 10.9 Å². The summed E-state index contributed by atoms with van der Waals surface area (Å²) in [6, 6.07) is 11.5. The number of aromatic amines is 1. The van der Waals surface area contributed by atoms with Crippen LogP contribution in [0.3, 0.4) is 0 Å². The van der Waals surface area contributed by atoms with Gasteiger partial charge in [-0.15, -0.1) is 0 Å². The molecule has 0 atom stereocenters. The number of pyridine rings is 1. The molecule has 2 aromatic heterocycles. The van der Waals surface area contributed by atoms with Gasteiger partial charge in [-0.1, -0.05) is 18.2 Å². The molecule has 4 rings (SSSR count). The number of nitrogens with one attached hydrogen (secondary N) is 2. The lowest BCUT2D eigenvalue weighted by Crippen LogP contribution is -2.43. The van der Waals surface area contributed by atoms with E-state index in [0.717, 1.165) is 30.5 Å². The Bertz CT molecular complexity index is 976. The molecule has 0 saturated heterocycles. The zero-order valence-corrected chi connectivity index (χ0v) is 13.1. The number of hydrogen-bond acceptors (Lipinski definition) is 3. The van der Waals surface area contributed by atoms with Gasteiger partial charge in [0.2, 0.25) is 6.54 Å². The van der Waals surface area contributed by atoms with Crippen LogP contribution in [0.25, 0.3) is 15.7 Å². The first-order valence-corrected chi connectivity index (χ1v) is 8.00. The molecule has 1 aliphatic rings. The Kier molecular flexibility index (Phi) is 3.35. The van der Waals surface area contributed by atoms with Crippen molar-refractivity contribution in [3.8, 4) is 0 Å². The molecule has 0 unspecified atom stereocenters. The van der Waals surface area contributed by atoms with Crippen molar-refractivity contribution in [2.45, 2.75) is 24.8 Å². The summed E-state index contributed by atoms with van der Waals surface area (Å²) >= 11 is 0. The second-order valence-corrected chi connectivity index (χ2v) is 6.21. The van der Waals surface area contributed by atoms with E-state index in [-0.39, 0.29) is 11.1 Å². The molecule has 1 aliphatic carbocycles. The van der Waals surface area contributed by atoms with E-state index in [1.54, 1.807) is 6.20 Å². The number of para-hydroxylation sites is 1. The Morgan fingerprint density at radius 3 is 2.75 bits per heavy atom. The molecule has 2 N–H and O–H groups in total.